The lowest BCUT2D eigenvalue weighted by Gasteiger charge is -2.08. The number of aryl methyl sites for hydroxylation is 1. The summed E-state index contributed by atoms with van der Waals surface area (Å²) < 4.78 is 9.96. The fraction of sp³-hybridized carbons (Fsp3) is 0.160. The SMILES string of the molecule is COC(=O)c1ccc(N=CCc2oc(=O)c(NC(=O)c3ccc(C)cc3)cc2C(C)=O)cc1. The molecule has 33 heavy (non-hydrogen) atoms. The molecule has 8 nitrogen and oxygen atoms in total. The fourth-order valence-electron chi connectivity index (χ4n) is 2.98. The number of esters is 1. The monoisotopic (exact) mass is 446 g/mol. The van der Waals surface area contributed by atoms with Crippen molar-refractivity contribution < 1.29 is 23.5 Å². The molecule has 0 unspecified atom stereocenters. The van der Waals surface area contributed by atoms with Gasteiger partial charge in [0.15, 0.2) is 5.78 Å². The van der Waals surface area contributed by atoms with Crippen molar-refractivity contribution >= 4 is 35.2 Å². The summed E-state index contributed by atoms with van der Waals surface area (Å²) in [5, 5.41) is 2.50. The number of ether oxygens (including phenoxy) is 1. The lowest BCUT2D eigenvalue weighted by Crippen LogP contribution is -2.20. The van der Waals surface area contributed by atoms with E-state index in [1.807, 2.05) is 6.92 Å². The second-order valence-electron chi connectivity index (χ2n) is 7.21. The number of hydrogen-bond donors (Lipinski definition) is 1. The van der Waals surface area contributed by atoms with Crippen molar-refractivity contribution in [1.82, 2.24) is 0 Å². The predicted molar refractivity (Wildman–Crippen MR) is 124 cm³/mol. The summed E-state index contributed by atoms with van der Waals surface area (Å²) in [4.78, 5) is 52.7. The summed E-state index contributed by atoms with van der Waals surface area (Å²) in [5.74, 6) is -1.12. The maximum Gasteiger partial charge on any atom is 0.359 e. The minimum Gasteiger partial charge on any atom is -0.465 e. The molecule has 0 atom stereocenters. The van der Waals surface area contributed by atoms with Crippen LogP contribution in [0.25, 0.3) is 0 Å². The molecule has 0 aliphatic carbocycles. The second kappa shape index (κ2) is 10.3. The predicted octanol–water partition coefficient (Wildman–Crippen LogP) is 4.13. The van der Waals surface area contributed by atoms with Crippen LogP contribution in [-0.2, 0) is 11.2 Å². The highest BCUT2D eigenvalue weighted by molar-refractivity contribution is 6.05. The molecular weight excluding hydrogens is 424 g/mol. The number of amides is 1. The van der Waals surface area contributed by atoms with Gasteiger partial charge in [0.2, 0.25) is 0 Å². The second-order valence-corrected chi connectivity index (χ2v) is 7.21. The minimum atomic E-state index is -0.772. The summed E-state index contributed by atoms with van der Waals surface area (Å²) in [7, 11) is 1.30. The van der Waals surface area contributed by atoms with Crippen molar-refractivity contribution in [2.24, 2.45) is 4.99 Å². The van der Waals surface area contributed by atoms with Crippen molar-refractivity contribution in [2.75, 3.05) is 12.4 Å². The van der Waals surface area contributed by atoms with Crippen molar-refractivity contribution in [2.45, 2.75) is 20.3 Å². The van der Waals surface area contributed by atoms with Gasteiger partial charge in [0.1, 0.15) is 11.4 Å². The lowest BCUT2D eigenvalue weighted by molar-refractivity contribution is 0.0600. The first-order valence-corrected chi connectivity index (χ1v) is 10.1. The molecule has 0 aliphatic rings. The van der Waals surface area contributed by atoms with Crippen LogP contribution in [0.4, 0.5) is 11.4 Å². The Morgan fingerprint density at radius 3 is 2.27 bits per heavy atom. The van der Waals surface area contributed by atoms with Gasteiger partial charge in [0.25, 0.3) is 5.91 Å². The van der Waals surface area contributed by atoms with Gasteiger partial charge in [0.05, 0.1) is 23.9 Å². The average Bonchev–Trinajstić information content (AvgIpc) is 2.80. The summed E-state index contributed by atoms with van der Waals surface area (Å²) >= 11 is 0. The van der Waals surface area contributed by atoms with E-state index in [1.54, 1.807) is 48.5 Å². The van der Waals surface area contributed by atoms with Crippen LogP contribution in [0.5, 0.6) is 0 Å². The third-order valence-electron chi connectivity index (χ3n) is 4.77. The highest BCUT2D eigenvalue weighted by atomic mass is 16.5. The van der Waals surface area contributed by atoms with Gasteiger partial charge in [-0.3, -0.25) is 14.6 Å². The number of methoxy groups -OCH3 is 1. The zero-order chi connectivity index (χ0) is 24.0. The standard InChI is InChI=1S/C25H22N2O6/c1-15-4-6-17(7-5-15)23(29)27-21-14-20(16(2)28)22(33-25(21)31)12-13-26-19-10-8-18(9-11-19)24(30)32-3/h4-11,13-14H,12H2,1-3H3,(H,27,29). The van der Waals surface area contributed by atoms with Crippen LogP contribution in [0.1, 0.15) is 49.3 Å². The van der Waals surface area contributed by atoms with E-state index in [2.05, 4.69) is 15.0 Å². The molecule has 1 amide bonds. The third kappa shape index (κ3) is 5.88. The van der Waals surface area contributed by atoms with Crippen molar-refractivity contribution in [1.29, 1.82) is 0 Å². The number of nitrogens with zero attached hydrogens (tertiary/aromatic N) is 1. The Morgan fingerprint density at radius 1 is 1.03 bits per heavy atom. The number of ketones is 1. The van der Waals surface area contributed by atoms with E-state index in [4.69, 9.17) is 4.42 Å². The molecule has 3 aromatic rings. The van der Waals surface area contributed by atoms with Gasteiger partial charge in [-0.25, -0.2) is 9.59 Å². The Balaban J connectivity index is 1.78. The summed E-state index contributed by atoms with van der Waals surface area (Å²) in [6.45, 7) is 3.24. The number of anilines is 1. The summed E-state index contributed by atoms with van der Waals surface area (Å²) in [6, 6.07) is 14.6. The quantitative estimate of drug-likeness (QED) is 0.331. The molecule has 8 heteroatoms. The number of benzene rings is 2. The van der Waals surface area contributed by atoms with Crippen LogP contribution >= 0.6 is 0 Å². The first-order valence-electron chi connectivity index (χ1n) is 10.1. The zero-order valence-electron chi connectivity index (χ0n) is 18.4. The summed E-state index contributed by atoms with van der Waals surface area (Å²) in [5.41, 5.74) is 1.60. The maximum atomic E-state index is 12.4. The molecule has 1 N–H and O–H groups in total. The number of aliphatic imine (C=N–C) groups is 1. The van der Waals surface area contributed by atoms with Crippen molar-refractivity contribution in [3.8, 4) is 0 Å². The lowest BCUT2D eigenvalue weighted by atomic mass is 10.1. The first kappa shape index (κ1) is 23.3. The number of carbonyl (C=O) groups is 3. The van der Waals surface area contributed by atoms with Crippen molar-refractivity contribution in [3.63, 3.8) is 0 Å². The number of rotatable bonds is 7. The van der Waals surface area contributed by atoms with Gasteiger partial charge in [0, 0.05) is 18.2 Å². The van der Waals surface area contributed by atoms with E-state index in [-0.39, 0.29) is 29.2 Å². The van der Waals surface area contributed by atoms with Gasteiger partial charge in [-0.15, -0.1) is 0 Å². The van der Waals surface area contributed by atoms with Crippen molar-refractivity contribution in [3.05, 3.63) is 93.0 Å². The normalized spacial score (nSPS) is 10.8. The smallest absolute Gasteiger partial charge is 0.359 e. The fourth-order valence-corrected chi connectivity index (χ4v) is 2.98. The summed E-state index contributed by atoms with van der Waals surface area (Å²) in [6.07, 6.45) is 1.57. The topological polar surface area (TPSA) is 115 Å². The minimum absolute atomic E-state index is 0.0785. The van der Waals surface area contributed by atoms with Crippen LogP contribution in [0.3, 0.4) is 0 Å². The highest BCUT2D eigenvalue weighted by Gasteiger charge is 2.16. The molecule has 168 valence electrons. The molecule has 1 aromatic heterocycles. The number of Topliss-reactive ketones (excluding diaryl/α,β-unsaturated/α-hetero) is 1. The number of nitrogens with one attached hydrogen (secondary N) is 1. The third-order valence-corrected chi connectivity index (χ3v) is 4.77. The Hall–Kier alpha value is -4.33. The van der Waals surface area contributed by atoms with Gasteiger partial charge in [-0.05, 0) is 56.3 Å². The van der Waals surface area contributed by atoms with E-state index in [1.165, 1.54) is 26.3 Å². The molecule has 0 bridgehead atoms. The van der Waals surface area contributed by atoms with Crippen LogP contribution < -0.4 is 10.9 Å². The first-order chi connectivity index (χ1) is 15.8. The van der Waals surface area contributed by atoms with E-state index < -0.39 is 17.5 Å². The van der Waals surface area contributed by atoms with Gasteiger partial charge < -0.3 is 14.5 Å². The Labute approximate surface area is 189 Å². The van der Waals surface area contributed by atoms with E-state index in [9.17, 15) is 19.2 Å². The van der Waals surface area contributed by atoms with Crippen LogP contribution in [0, 0.1) is 6.92 Å². The van der Waals surface area contributed by atoms with Crippen LogP contribution in [-0.4, -0.2) is 31.0 Å². The number of carbonyl (C=O) groups excluding carboxylic acids is 3. The molecule has 0 saturated heterocycles. The Morgan fingerprint density at radius 2 is 1.67 bits per heavy atom. The van der Waals surface area contributed by atoms with E-state index >= 15 is 0 Å². The largest absolute Gasteiger partial charge is 0.465 e. The molecular formula is C25H22N2O6. The van der Waals surface area contributed by atoms with Gasteiger partial charge >= 0.3 is 11.6 Å². The maximum absolute atomic E-state index is 12.4. The van der Waals surface area contributed by atoms with Crippen LogP contribution in [0.2, 0.25) is 0 Å². The molecule has 0 saturated carbocycles. The molecule has 0 spiro atoms. The average molecular weight is 446 g/mol. The zero-order valence-corrected chi connectivity index (χ0v) is 18.4. The van der Waals surface area contributed by atoms with E-state index in [0.717, 1.165) is 5.56 Å². The number of hydrogen-bond acceptors (Lipinski definition) is 7. The molecule has 0 fully saturated rings. The molecule has 2 aromatic carbocycles. The highest BCUT2D eigenvalue weighted by Crippen LogP contribution is 2.16. The van der Waals surface area contributed by atoms with E-state index in [0.29, 0.717) is 16.8 Å². The van der Waals surface area contributed by atoms with Gasteiger partial charge in [-0.2, -0.15) is 0 Å². The van der Waals surface area contributed by atoms with Gasteiger partial charge in [-0.1, -0.05) is 17.7 Å². The molecule has 3 rings (SSSR count). The van der Waals surface area contributed by atoms with Crippen LogP contribution in [0.15, 0.2) is 68.8 Å². The Kier molecular flexibility index (Phi) is 7.30. The molecule has 1 heterocycles. The Bertz CT molecular complexity index is 1270. The molecule has 0 radical (unpaired) electrons. The molecule has 0 aliphatic heterocycles.